The van der Waals surface area contributed by atoms with E-state index >= 15 is 0 Å². The number of para-hydroxylation sites is 1. The summed E-state index contributed by atoms with van der Waals surface area (Å²) < 4.78 is 0. The van der Waals surface area contributed by atoms with Gasteiger partial charge in [-0.15, -0.1) is 0 Å². The Morgan fingerprint density at radius 3 is 2.50 bits per heavy atom. The summed E-state index contributed by atoms with van der Waals surface area (Å²) in [5, 5.41) is 14.2. The van der Waals surface area contributed by atoms with Crippen molar-refractivity contribution in [3.8, 4) is 6.07 Å². The molecule has 0 aliphatic carbocycles. The zero-order valence-electron chi connectivity index (χ0n) is 13.3. The van der Waals surface area contributed by atoms with E-state index in [-0.39, 0.29) is 5.91 Å². The lowest BCUT2D eigenvalue weighted by Gasteiger charge is -2.07. The first-order valence-electron chi connectivity index (χ1n) is 7.65. The first-order chi connectivity index (χ1) is 11.7. The van der Waals surface area contributed by atoms with Crippen LogP contribution in [0, 0.1) is 11.3 Å². The van der Waals surface area contributed by atoms with E-state index < -0.39 is 0 Å². The first kappa shape index (κ1) is 15.5. The molecule has 0 bridgehead atoms. The molecule has 0 radical (unpaired) electrons. The summed E-state index contributed by atoms with van der Waals surface area (Å²) in [7, 11) is 0. The van der Waals surface area contributed by atoms with Crippen LogP contribution in [0.4, 0.5) is 5.69 Å². The van der Waals surface area contributed by atoms with Gasteiger partial charge in [0, 0.05) is 5.57 Å². The Morgan fingerprint density at radius 2 is 1.71 bits per heavy atom. The van der Waals surface area contributed by atoms with E-state index in [9.17, 15) is 4.79 Å². The summed E-state index contributed by atoms with van der Waals surface area (Å²) in [6.45, 7) is 1.76. The van der Waals surface area contributed by atoms with E-state index in [1.165, 1.54) is 5.39 Å². The normalized spacial score (nSPS) is 11.1. The zero-order chi connectivity index (χ0) is 16.9. The second kappa shape index (κ2) is 6.80. The van der Waals surface area contributed by atoms with Crippen molar-refractivity contribution in [1.29, 1.82) is 5.26 Å². The van der Waals surface area contributed by atoms with E-state index in [4.69, 9.17) is 5.26 Å². The molecular weight excluding hydrogens is 296 g/mol. The van der Waals surface area contributed by atoms with Crippen LogP contribution < -0.4 is 5.32 Å². The quantitative estimate of drug-likeness (QED) is 0.709. The van der Waals surface area contributed by atoms with Crippen LogP contribution in [0.5, 0.6) is 0 Å². The number of nitrogens with one attached hydrogen (secondary N) is 1. The third-order valence-corrected chi connectivity index (χ3v) is 3.81. The van der Waals surface area contributed by atoms with E-state index in [2.05, 4.69) is 23.5 Å². The summed E-state index contributed by atoms with van der Waals surface area (Å²) >= 11 is 0. The van der Waals surface area contributed by atoms with Crippen molar-refractivity contribution in [2.45, 2.75) is 6.92 Å². The topological polar surface area (TPSA) is 52.9 Å². The highest BCUT2D eigenvalue weighted by atomic mass is 16.1. The summed E-state index contributed by atoms with van der Waals surface area (Å²) in [4.78, 5) is 12.4. The highest BCUT2D eigenvalue weighted by Gasteiger charge is 2.08. The van der Waals surface area contributed by atoms with Gasteiger partial charge in [-0.2, -0.15) is 5.26 Å². The van der Waals surface area contributed by atoms with Crippen LogP contribution in [-0.4, -0.2) is 5.91 Å². The molecule has 0 saturated carbocycles. The lowest BCUT2D eigenvalue weighted by Crippen LogP contribution is -2.13. The number of carbonyl (C=O) groups is 1. The minimum absolute atomic E-state index is 0.217. The molecule has 3 heteroatoms. The maximum absolute atomic E-state index is 12.4. The van der Waals surface area contributed by atoms with Gasteiger partial charge >= 0.3 is 0 Å². The van der Waals surface area contributed by atoms with Crippen LogP contribution in [0.1, 0.15) is 18.1 Å². The van der Waals surface area contributed by atoms with Gasteiger partial charge in [0.1, 0.15) is 6.07 Å². The number of rotatable bonds is 3. The largest absolute Gasteiger partial charge is 0.321 e. The van der Waals surface area contributed by atoms with Gasteiger partial charge < -0.3 is 5.32 Å². The number of hydrogen-bond acceptors (Lipinski definition) is 2. The number of fused-ring (bicyclic) bond motifs is 1. The Bertz CT molecular complexity index is 980. The maximum Gasteiger partial charge on any atom is 0.251 e. The number of nitrogens with zero attached hydrogens (tertiary/aromatic N) is 1. The van der Waals surface area contributed by atoms with Gasteiger partial charge in [-0.05, 0) is 47.5 Å². The molecule has 0 atom stereocenters. The van der Waals surface area contributed by atoms with Crippen molar-refractivity contribution >= 4 is 28.4 Å². The van der Waals surface area contributed by atoms with Gasteiger partial charge in [0.05, 0.1) is 11.3 Å². The van der Waals surface area contributed by atoms with Crippen molar-refractivity contribution in [2.24, 2.45) is 0 Å². The number of carbonyl (C=O) groups excluding carboxylic acids is 1. The molecule has 0 aromatic heterocycles. The maximum atomic E-state index is 12.4. The van der Waals surface area contributed by atoms with Crippen LogP contribution in [0.3, 0.4) is 0 Å². The standard InChI is InChI=1S/C21H16N2O/c1-15(21(24)23-20-9-5-4-8-19(20)14-22)12-16-10-11-17-6-2-3-7-18(17)13-16/h2-13H,1H3,(H,23,24). The summed E-state index contributed by atoms with van der Waals surface area (Å²) in [5.41, 5.74) is 2.52. The molecule has 0 unspecified atom stereocenters. The van der Waals surface area contributed by atoms with E-state index in [0.29, 0.717) is 16.8 Å². The highest BCUT2D eigenvalue weighted by Crippen LogP contribution is 2.19. The van der Waals surface area contributed by atoms with Crippen LogP contribution in [-0.2, 0) is 4.79 Å². The van der Waals surface area contributed by atoms with E-state index in [1.807, 2.05) is 36.4 Å². The molecule has 0 aliphatic heterocycles. The average Bonchev–Trinajstić information content (AvgIpc) is 2.62. The summed E-state index contributed by atoms with van der Waals surface area (Å²) in [5.74, 6) is -0.217. The zero-order valence-corrected chi connectivity index (χ0v) is 13.3. The third kappa shape index (κ3) is 3.34. The highest BCUT2D eigenvalue weighted by molar-refractivity contribution is 6.07. The van der Waals surface area contributed by atoms with Crippen molar-refractivity contribution in [3.05, 3.63) is 83.4 Å². The monoisotopic (exact) mass is 312 g/mol. The Hall–Kier alpha value is -3.38. The van der Waals surface area contributed by atoms with E-state index in [1.54, 1.807) is 31.2 Å². The number of amides is 1. The lowest BCUT2D eigenvalue weighted by atomic mass is 10.1. The summed E-state index contributed by atoms with van der Waals surface area (Å²) in [6, 6.07) is 23.2. The van der Waals surface area contributed by atoms with Crippen molar-refractivity contribution in [3.63, 3.8) is 0 Å². The van der Waals surface area contributed by atoms with Gasteiger partial charge in [-0.3, -0.25) is 4.79 Å². The Kier molecular flexibility index (Phi) is 4.40. The minimum Gasteiger partial charge on any atom is -0.321 e. The molecule has 0 fully saturated rings. The molecular formula is C21H16N2O. The van der Waals surface area contributed by atoms with Gasteiger partial charge in [0.25, 0.3) is 5.91 Å². The minimum atomic E-state index is -0.217. The Morgan fingerprint density at radius 1 is 1.00 bits per heavy atom. The smallest absolute Gasteiger partial charge is 0.251 e. The molecule has 1 N–H and O–H groups in total. The number of hydrogen-bond donors (Lipinski definition) is 1. The van der Waals surface area contributed by atoms with E-state index in [0.717, 1.165) is 10.9 Å². The van der Waals surface area contributed by atoms with Crippen LogP contribution in [0.25, 0.3) is 16.8 Å². The fourth-order valence-corrected chi connectivity index (χ4v) is 2.52. The predicted molar refractivity (Wildman–Crippen MR) is 97.4 cm³/mol. The van der Waals surface area contributed by atoms with Crippen LogP contribution in [0.15, 0.2) is 72.3 Å². The van der Waals surface area contributed by atoms with Gasteiger partial charge in [0.2, 0.25) is 0 Å². The SMILES string of the molecule is CC(=Cc1ccc2ccccc2c1)C(=O)Nc1ccccc1C#N. The molecule has 24 heavy (non-hydrogen) atoms. The van der Waals surface area contributed by atoms with Gasteiger partial charge in [-0.25, -0.2) is 0 Å². The van der Waals surface area contributed by atoms with Crippen molar-refractivity contribution < 1.29 is 4.79 Å². The molecule has 3 nitrogen and oxygen atoms in total. The summed E-state index contributed by atoms with van der Waals surface area (Å²) in [6.07, 6.45) is 1.84. The molecule has 1 amide bonds. The molecule has 0 spiro atoms. The molecule has 3 aromatic carbocycles. The fraction of sp³-hybridized carbons (Fsp3) is 0.0476. The second-order valence-corrected chi connectivity index (χ2v) is 5.55. The third-order valence-electron chi connectivity index (χ3n) is 3.81. The van der Waals surface area contributed by atoms with Crippen LogP contribution >= 0.6 is 0 Å². The molecule has 3 rings (SSSR count). The first-order valence-corrected chi connectivity index (χ1v) is 7.65. The molecule has 0 heterocycles. The van der Waals surface area contributed by atoms with Gasteiger partial charge in [-0.1, -0.05) is 48.5 Å². The van der Waals surface area contributed by atoms with Gasteiger partial charge in [0.15, 0.2) is 0 Å². The predicted octanol–water partition coefficient (Wildman–Crippen LogP) is 4.75. The van der Waals surface area contributed by atoms with Crippen molar-refractivity contribution in [2.75, 3.05) is 5.32 Å². The van der Waals surface area contributed by atoms with Crippen molar-refractivity contribution in [1.82, 2.24) is 0 Å². The Balaban J connectivity index is 1.84. The number of nitriles is 1. The number of benzene rings is 3. The lowest BCUT2D eigenvalue weighted by molar-refractivity contribution is -0.112. The molecule has 116 valence electrons. The fourth-order valence-electron chi connectivity index (χ4n) is 2.52. The number of anilines is 1. The Labute approximate surface area is 140 Å². The molecule has 0 aliphatic rings. The van der Waals surface area contributed by atoms with Crippen LogP contribution in [0.2, 0.25) is 0 Å². The molecule has 0 saturated heterocycles. The molecule has 3 aromatic rings. The average molecular weight is 312 g/mol. The second-order valence-electron chi connectivity index (χ2n) is 5.55.